The summed E-state index contributed by atoms with van der Waals surface area (Å²) in [7, 11) is 0. The minimum atomic E-state index is 0.732. The topological polar surface area (TPSA) is 9.23 Å². The molecule has 0 saturated carbocycles. The number of hydrogen-bond donors (Lipinski definition) is 0. The average molecular weight is 188 g/mol. The van der Waals surface area contributed by atoms with Crippen molar-refractivity contribution in [3.8, 4) is 5.75 Å². The summed E-state index contributed by atoms with van der Waals surface area (Å²) in [6.07, 6.45) is 5.90. The number of fused-ring (bicyclic) bond motifs is 1. The molecule has 1 aliphatic rings. The fourth-order valence-electron chi connectivity index (χ4n) is 1.80. The van der Waals surface area contributed by atoms with Gasteiger partial charge in [-0.15, -0.1) is 0 Å². The number of unbranched alkanes of at least 4 members (excludes halogenated alkanes) is 1. The molecule has 2 rings (SSSR count). The van der Waals surface area contributed by atoms with Crippen molar-refractivity contribution in [3.05, 3.63) is 35.9 Å². The van der Waals surface area contributed by atoms with Gasteiger partial charge in [0.1, 0.15) is 12.4 Å². The zero-order chi connectivity index (χ0) is 9.80. The predicted octanol–water partition coefficient (Wildman–Crippen LogP) is 3.65. The molecule has 0 spiro atoms. The summed E-state index contributed by atoms with van der Waals surface area (Å²) < 4.78 is 5.56. The lowest BCUT2D eigenvalue weighted by Crippen LogP contribution is -2.04. The molecule has 0 N–H and O–H groups in total. The molecule has 0 bridgehead atoms. The third-order valence-corrected chi connectivity index (χ3v) is 2.60. The van der Waals surface area contributed by atoms with Gasteiger partial charge in [-0.05, 0) is 30.6 Å². The Morgan fingerprint density at radius 1 is 1.29 bits per heavy atom. The summed E-state index contributed by atoms with van der Waals surface area (Å²) in [5.41, 5.74) is 2.74. The fraction of sp³-hybridized carbons (Fsp3) is 0.385. The van der Waals surface area contributed by atoms with Crippen LogP contribution in [0.4, 0.5) is 0 Å². The SMILES string of the molecule is CCCCC1=CCOc2ccccc21. The molecule has 1 heteroatoms. The van der Waals surface area contributed by atoms with E-state index in [0.29, 0.717) is 0 Å². The van der Waals surface area contributed by atoms with E-state index in [2.05, 4.69) is 25.1 Å². The number of allylic oxidation sites excluding steroid dienone is 1. The first kappa shape index (κ1) is 9.32. The molecule has 0 saturated heterocycles. The van der Waals surface area contributed by atoms with Crippen LogP contribution < -0.4 is 4.74 Å². The third-order valence-electron chi connectivity index (χ3n) is 2.60. The van der Waals surface area contributed by atoms with Crippen molar-refractivity contribution in [2.45, 2.75) is 26.2 Å². The highest BCUT2D eigenvalue weighted by Gasteiger charge is 2.11. The summed E-state index contributed by atoms with van der Waals surface area (Å²) in [5, 5.41) is 0. The van der Waals surface area contributed by atoms with Gasteiger partial charge in [0.2, 0.25) is 0 Å². The summed E-state index contributed by atoms with van der Waals surface area (Å²) in [4.78, 5) is 0. The zero-order valence-electron chi connectivity index (χ0n) is 8.62. The van der Waals surface area contributed by atoms with Crippen LogP contribution in [0.15, 0.2) is 30.3 Å². The van der Waals surface area contributed by atoms with E-state index < -0.39 is 0 Å². The van der Waals surface area contributed by atoms with E-state index in [0.717, 1.165) is 12.4 Å². The molecule has 0 atom stereocenters. The lowest BCUT2D eigenvalue weighted by Gasteiger charge is -2.18. The molecule has 0 aromatic heterocycles. The average Bonchev–Trinajstić information content (AvgIpc) is 2.26. The molecular weight excluding hydrogens is 172 g/mol. The Kier molecular flexibility index (Phi) is 2.87. The standard InChI is InChI=1S/C13H16O/c1-2-3-6-11-9-10-14-13-8-5-4-7-12(11)13/h4-5,7-9H,2-3,6,10H2,1H3. The van der Waals surface area contributed by atoms with Crippen LogP contribution >= 0.6 is 0 Å². The summed E-state index contributed by atoms with van der Waals surface area (Å²) in [6.45, 7) is 2.96. The fourth-order valence-corrected chi connectivity index (χ4v) is 1.80. The zero-order valence-corrected chi connectivity index (χ0v) is 8.62. The normalized spacial score (nSPS) is 14.2. The second kappa shape index (κ2) is 4.32. The van der Waals surface area contributed by atoms with Crippen LogP contribution in [0.3, 0.4) is 0 Å². The lowest BCUT2D eigenvalue weighted by atomic mass is 9.98. The van der Waals surface area contributed by atoms with Crippen molar-refractivity contribution in [1.29, 1.82) is 0 Å². The molecule has 74 valence electrons. The highest BCUT2D eigenvalue weighted by atomic mass is 16.5. The molecule has 0 unspecified atom stereocenters. The summed E-state index contributed by atoms with van der Waals surface area (Å²) >= 11 is 0. The maximum atomic E-state index is 5.56. The molecule has 0 fully saturated rings. The molecule has 1 nitrogen and oxygen atoms in total. The Balaban J connectivity index is 2.22. The van der Waals surface area contributed by atoms with Crippen molar-refractivity contribution >= 4 is 5.57 Å². The highest BCUT2D eigenvalue weighted by molar-refractivity contribution is 5.71. The van der Waals surface area contributed by atoms with Crippen LogP contribution in [-0.2, 0) is 0 Å². The lowest BCUT2D eigenvalue weighted by molar-refractivity contribution is 0.356. The Morgan fingerprint density at radius 3 is 3.00 bits per heavy atom. The summed E-state index contributed by atoms with van der Waals surface area (Å²) in [6, 6.07) is 8.30. The Morgan fingerprint density at radius 2 is 2.14 bits per heavy atom. The highest BCUT2D eigenvalue weighted by Crippen LogP contribution is 2.32. The molecule has 0 radical (unpaired) electrons. The predicted molar refractivity (Wildman–Crippen MR) is 59.4 cm³/mol. The van der Waals surface area contributed by atoms with Gasteiger partial charge in [-0.3, -0.25) is 0 Å². The molecule has 0 amide bonds. The van der Waals surface area contributed by atoms with Crippen LogP contribution in [0.25, 0.3) is 5.57 Å². The maximum absolute atomic E-state index is 5.56. The third kappa shape index (κ3) is 1.82. The first-order valence-corrected chi connectivity index (χ1v) is 5.33. The molecule has 1 aliphatic heterocycles. The first-order valence-electron chi connectivity index (χ1n) is 5.33. The number of ether oxygens (including phenoxy) is 1. The van der Waals surface area contributed by atoms with Gasteiger partial charge in [-0.2, -0.15) is 0 Å². The van der Waals surface area contributed by atoms with Gasteiger partial charge in [0.15, 0.2) is 0 Å². The first-order chi connectivity index (χ1) is 6.92. The van der Waals surface area contributed by atoms with Crippen molar-refractivity contribution in [2.24, 2.45) is 0 Å². The van der Waals surface area contributed by atoms with E-state index in [1.807, 2.05) is 12.1 Å². The molecule has 1 aromatic carbocycles. The van der Waals surface area contributed by atoms with E-state index in [1.54, 1.807) is 0 Å². The van der Waals surface area contributed by atoms with Gasteiger partial charge in [0.25, 0.3) is 0 Å². The number of benzene rings is 1. The van der Waals surface area contributed by atoms with Crippen LogP contribution in [0.5, 0.6) is 5.75 Å². The van der Waals surface area contributed by atoms with E-state index in [-0.39, 0.29) is 0 Å². The Labute approximate surface area is 85.4 Å². The molecular formula is C13H16O. The van der Waals surface area contributed by atoms with Crippen molar-refractivity contribution in [1.82, 2.24) is 0 Å². The second-order valence-electron chi connectivity index (χ2n) is 3.64. The van der Waals surface area contributed by atoms with Crippen molar-refractivity contribution < 1.29 is 4.74 Å². The van der Waals surface area contributed by atoms with E-state index in [9.17, 15) is 0 Å². The monoisotopic (exact) mass is 188 g/mol. The Bertz CT molecular complexity index is 339. The Hall–Kier alpha value is -1.24. The van der Waals surface area contributed by atoms with Crippen molar-refractivity contribution in [3.63, 3.8) is 0 Å². The maximum Gasteiger partial charge on any atom is 0.127 e. The molecule has 1 aromatic rings. The molecule has 14 heavy (non-hydrogen) atoms. The van der Waals surface area contributed by atoms with E-state index in [1.165, 1.54) is 30.4 Å². The van der Waals surface area contributed by atoms with Crippen LogP contribution in [-0.4, -0.2) is 6.61 Å². The van der Waals surface area contributed by atoms with Crippen LogP contribution in [0.1, 0.15) is 31.7 Å². The van der Waals surface area contributed by atoms with Crippen LogP contribution in [0, 0.1) is 0 Å². The van der Waals surface area contributed by atoms with E-state index >= 15 is 0 Å². The van der Waals surface area contributed by atoms with Gasteiger partial charge >= 0.3 is 0 Å². The minimum Gasteiger partial charge on any atom is -0.489 e. The van der Waals surface area contributed by atoms with Gasteiger partial charge in [0.05, 0.1) is 0 Å². The smallest absolute Gasteiger partial charge is 0.127 e. The number of hydrogen-bond acceptors (Lipinski definition) is 1. The number of rotatable bonds is 3. The number of para-hydroxylation sites is 1. The van der Waals surface area contributed by atoms with Gasteiger partial charge in [-0.25, -0.2) is 0 Å². The van der Waals surface area contributed by atoms with Gasteiger partial charge < -0.3 is 4.74 Å². The molecule has 1 heterocycles. The summed E-state index contributed by atoms with van der Waals surface area (Å²) in [5.74, 6) is 1.04. The quantitative estimate of drug-likeness (QED) is 0.703. The molecule has 0 aliphatic carbocycles. The minimum absolute atomic E-state index is 0.732. The van der Waals surface area contributed by atoms with E-state index in [4.69, 9.17) is 4.74 Å². The van der Waals surface area contributed by atoms with Crippen molar-refractivity contribution in [2.75, 3.05) is 6.61 Å². The largest absolute Gasteiger partial charge is 0.489 e. The van der Waals surface area contributed by atoms with Gasteiger partial charge in [0, 0.05) is 5.56 Å². The van der Waals surface area contributed by atoms with Crippen LogP contribution in [0.2, 0.25) is 0 Å². The second-order valence-corrected chi connectivity index (χ2v) is 3.64. The van der Waals surface area contributed by atoms with Gasteiger partial charge in [-0.1, -0.05) is 31.5 Å².